The quantitative estimate of drug-likeness (QED) is 0.456. The van der Waals surface area contributed by atoms with E-state index in [4.69, 9.17) is 0 Å². The fourth-order valence-corrected chi connectivity index (χ4v) is 3.78. The molecule has 33 heavy (non-hydrogen) atoms. The van der Waals surface area contributed by atoms with Gasteiger partial charge in [0.25, 0.3) is 5.91 Å². The van der Waals surface area contributed by atoms with Crippen LogP contribution in [-0.2, 0) is 0 Å². The van der Waals surface area contributed by atoms with E-state index < -0.39 is 17.7 Å². The molecule has 1 heterocycles. The Kier molecular flexibility index (Phi) is 6.83. The van der Waals surface area contributed by atoms with Crippen molar-refractivity contribution in [2.75, 3.05) is 33.9 Å². The van der Waals surface area contributed by atoms with Gasteiger partial charge in [-0.3, -0.25) is 4.79 Å². The van der Waals surface area contributed by atoms with Gasteiger partial charge in [0.05, 0.1) is 17.1 Å². The number of halogens is 2. The third kappa shape index (κ3) is 5.65. The van der Waals surface area contributed by atoms with E-state index in [-0.39, 0.29) is 11.6 Å². The van der Waals surface area contributed by atoms with Gasteiger partial charge in [-0.1, -0.05) is 18.2 Å². The van der Waals surface area contributed by atoms with Gasteiger partial charge < -0.3 is 20.9 Å². The maximum atomic E-state index is 14.0. The molecule has 3 aromatic carbocycles. The van der Waals surface area contributed by atoms with Gasteiger partial charge >= 0.3 is 6.03 Å². The van der Waals surface area contributed by atoms with Crippen LogP contribution in [0.5, 0.6) is 0 Å². The summed E-state index contributed by atoms with van der Waals surface area (Å²) in [6, 6.07) is 16.4. The Hall–Kier alpha value is -3.94. The van der Waals surface area contributed by atoms with Crippen LogP contribution in [0.15, 0.2) is 66.7 Å². The van der Waals surface area contributed by atoms with Crippen molar-refractivity contribution >= 4 is 34.7 Å². The molecule has 1 saturated heterocycles. The molecule has 1 aliphatic rings. The van der Waals surface area contributed by atoms with Gasteiger partial charge in [0.2, 0.25) is 0 Å². The van der Waals surface area contributed by atoms with Gasteiger partial charge in [-0.05, 0) is 61.7 Å². The molecular formula is C25H24F2N4O2. The maximum absolute atomic E-state index is 14.0. The summed E-state index contributed by atoms with van der Waals surface area (Å²) >= 11 is 0. The average molecular weight is 450 g/mol. The predicted molar refractivity (Wildman–Crippen MR) is 126 cm³/mol. The SMILES string of the molecule is O=C(Nc1ccc(F)cc1F)Nc1cc(NC(=O)c2ccccc2)ccc1N1CCCCC1. The third-order valence-electron chi connectivity index (χ3n) is 5.41. The number of anilines is 4. The number of amides is 3. The molecule has 4 rings (SSSR count). The van der Waals surface area contributed by atoms with Crippen molar-refractivity contribution in [1.82, 2.24) is 0 Å². The molecule has 8 heteroatoms. The number of carbonyl (C=O) groups is 2. The third-order valence-corrected chi connectivity index (χ3v) is 5.41. The number of hydrogen-bond acceptors (Lipinski definition) is 3. The molecule has 170 valence electrons. The summed E-state index contributed by atoms with van der Waals surface area (Å²) in [5, 5.41) is 7.99. The first-order valence-electron chi connectivity index (χ1n) is 10.8. The lowest BCUT2D eigenvalue weighted by atomic mass is 10.1. The predicted octanol–water partition coefficient (Wildman–Crippen LogP) is 5.85. The summed E-state index contributed by atoms with van der Waals surface area (Å²) < 4.78 is 27.1. The highest BCUT2D eigenvalue weighted by molar-refractivity contribution is 6.06. The zero-order valence-electron chi connectivity index (χ0n) is 17.9. The van der Waals surface area contributed by atoms with E-state index in [0.717, 1.165) is 50.2 Å². The molecule has 3 amide bonds. The van der Waals surface area contributed by atoms with Crippen molar-refractivity contribution < 1.29 is 18.4 Å². The molecule has 0 unspecified atom stereocenters. The fourth-order valence-electron chi connectivity index (χ4n) is 3.78. The van der Waals surface area contributed by atoms with Gasteiger partial charge in [-0.25, -0.2) is 13.6 Å². The van der Waals surface area contributed by atoms with Crippen LogP contribution in [0.25, 0.3) is 0 Å². The number of nitrogens with one attached hydrogen (secondary N) is 3. The van der Waals surface area contributed by atoms with Gasteiger partial charge in [-0.15, -0.1) is 0 Å². The van der Waals surface area contributed by atoms with Crippen molar-refractivity contribution in [3.8, 4) is 0 Å². The fraction of sp³-hybridized carbons (Fsp3) is 0.200. The Balaban J connectivity index is 1.56. The van der Waals surface area contributed by atoms with Crippen LogP contribution in [0.1, 0.15) is 29.6 Å². The lowest BCUT2D eigenvalue weighted by Gasteiger charge is -2.31. The molecule has 1 fully saturated rings. The van der Waals surface area contributed by atoms with Gasteiger partial charge in [-0.2, -0.15) is 0 Å². The largest absolute Gasteiger partial charge is 0.370 e. The normalized spacial score (nSPS) is 13.3. The van der Waals surface area contributed by atoms with E-state index in [1.165, 1.54) is 0 Å². The summed E-state index contributed by atoms with van der Waals surface area (Å²) in [4.78, 5) is 27.3. The minimum atomic E-state index is -0.870. The van der Waals surface area contributed by atoms with Crippen LogP contribution >= 0.6 is 0 Å². The van der Waals surface area contributed by atoms with Crippen LogP contribution < -0.4 is 20.9 Å². The Bertz CT molecular complexity index is 1150. The minimum Gasteiger partial charge on any atom is -0.370 e. The second-order valence-electron chi connectivity index (χ2n) is 7.80. The van der Waals surface area contributed by atoms with Crippen LogP contribution in [0.2, 0.25) is 0 Å². The van der Waals surface area contributed by atoms with Crippen molar-refractivity contribution in [1.29, 1.82) is 0 Å². The second kappa shape index (κ2) is 10.1. The maximum Gasteiger partial charge on any atom is 0.323 e. The number of benzene rings is 3. The topological polar surface area (TPSA) is 73.5 Å². The Morgan fingerprint density at radius 2 is 1.48 bits per heavy atom. The van der Waals surface area contributed by atoms with Crippen molar-refractivity contribution in [3.05, 3.63) is 83.9 Å². The Morgan fingerprint density at radius 1 is 0.758 bits per heavy atom. The lowest BCUT2D eigenvalue weighted by Crippen LogP contribution is -2.31. The molecule has 0 aromatic heterocycles. The monoisotopic (exact) mass is 450 g/mol. The van der Waals surface area contributed by atoms with E-state index in [2.05, 4.69) is 20.9 Å². The van der Waals surface area contributed by atoms with Gasteiger partial charge in [0.1, 0.15) is 11.6 Å². The molecule has 1 aliphatic heterocycles. The molecule has 3 N–H and O–H groups in total. The number of urea groups is 1. The molecule has 0 bridgehead atoms. The lowest BCUT2D eigenvalue weighted by molar-refractivity contribution is 0.102. The zero-order valence-corrected chi connectivity index (χ0v) is 17.9. The smallest absolute Gasteiger partial charge is 0.323 e. The Labute approximate surface area is 190 Å². The number of hydrogen-bond donors (Lipinski definition) is 3. The number of nitrogens with zero attached hydrogens (tertiary/aromatic N) is 1. The molecule has 0 atom stereocenters. The van der Waals surface area contributed by atoms with Crippen molar-refractivity contribution in [2.45, 2.75) is 19.3 Å². The molecular weight excluding hydrogens is 426 g/mol. The summed E-state index contributed by atoms with van der Waals surface area (Å²) in [6.45, 7) is 1.69. The van der Waals surface area contributed by atoms with E-state index >= 15 is 0 Å². The van der Waals surface area contributed by atoms with E-state index in [0.29, 0.717) is 23.0 Å². The summed E-state index contributed by atoms with van der Waals surface area (Å²) in [5.41, 5.74) is 2.16. The molecule has 6 nitrogen and oxygen atoms in total. The molecule has 0 aliphatic carbocycles. The van der Waals surface area contributed by atoms with Crippen LogP contribution in [-0.4, -0.2) is 25.0 Å². The zero-order chi connectivity index (χ0) is 23.2. The standard InChI is InChI=1S/C25H24F2N4O2/c26-18-9-11-21(20(27)15-18)29-25(33)30-22-16-19(28-24(32)17-7-3-1-4-8-17)10-12-23(22)31-13-5-2-6-14-31/h1,3-4,7-12,15-16H,2,5-6,13-14H2,(H,28,32)(H2,29,30,33). The van der Waals surface area contributed by atoms with Gasteiger partial charge in [0, 0.05) is 30.4 Å². The highest BCUT2D eigenvalue weighted by Gasteiger charge is 2.18. The highest BCUT2D eigenvalue weighted by Crippen LogP contribution is 2.32. The van der Waals surface area contributed by atoms with E-state index in [9.17, 15) is 18.4 Å². The van der Waals surface area contributed by atoms with Crippen LogP contribution in [0.4, 0.5) is 36.3 Å². The van der Waals surface area contributed by atoms with E-state index in [1.807, 2.05) is 12.1 Å². The first-order valence-corrected chi connectivity index (χ1v) is 10.8. The average Bonchev–Trinajstić information content (AvgIpc) is 2.82. The number of rotatable bonds is 5. The second-order valence-corrected chi connectivity index (χ2v) is 7.80. The first kappa shape index (κ1) is 22.3. The molecule has 0 saturated carbocycles. The molecule has 0 spiro atoms. The molecule has 0 radical (unpaired) electrons. The van der Waals surface area contributed by atoms with Crippen LogP contribution in [0, 0.1) is 11.6 Å². The summed E-state index contributed by atoms with van der Waals surface area (Å²) in [7, 11) is 0. The number of carbonyl (C=O) groups excluding carboxylic acids is 2. The number of piperidine rings is 1. The summed E-state index contributed by atoms with van der Waals surface area (Å²) in [6.07, 6.45) is 3.23. The molecule has 3 aromatic rings. The summed E-state index contributed by atoms with van der Waals surface area (Å²) in [5.74, 6) is -1.87. The van der Waals surface area contributed by atoms with Crippen molar-refractivity contribution in [3.63, 3.8) is 0 Å². The van der Waals surface area contributed by atoms with Crippen molar-refractivity contribution in [2.24, 2.45) is 0 Å². The van der Waals surface area contributed by atoms with E-state index in [1.54, 1.807) is 36.4 Å². The Morgan fingerprint density at radius 3 is 2.21 bits per heavy atom. The highest BCUT2D eigenvalue weighted by atomic mass is 19.1. The van der Waals surface area contributed by atoms with Gasteiger partial charge in [0.15, 0.2) is 0 Å². The van der Waals surface area contributed by atoms with Crippen LogP contribution in [0.3, 0.4) is 0 Å². The minimum absolute atomic E-state index is 0.137. The first-order chi connectivity index (χ1) is 16.0.